The number of esters is 1. The summed E-state index contributed by atoms with van der Waals surface area (Å²) in [7, 11) is 0. The SMILES string of the molecule is CCCCCOc1ccc(C(=O)CCC(=O)OCC(=O)NCC(=O)Nc2cccc(C)c2C)cc1. The van der Waals surface area contributed by atoms with Crippen LogP contribution < -0.4 is 15.4 Å². The first kappa shape index (κ1) is 27.6. The fourth-order valence-electron chi connectivity index (χ4n) is 3.17. The highest BCUT2D eigenvalue weighted by molar-refractivity contribution is 5.98. The number of ether oxygens (including phenoxy) is 2. The molecule has 0 aliphatic rings. The number of hydrogen-bond donors (Lipinski definition) is 2. The molecule has 0 spiro atoms. The maximum absolute atomic E-state index is 12.3. The number of amides is 2. The van der Waals surface area contributed by atoms with Gasteiger partial charge >= 0.3 is 5.97 Å². The lowest BCUT2D eigenvalue weighted by atomic mass is 10.1. The molecular formula is C27H34N2O6. The van der Waals surface area contributed by atoms with E-state index >= 15 is 0 Å². The summed E-state index contributed by atoms with van der Waals surface area (Å²) in [5.41, 5.74) is 3.14. The van der Waals surface area contributed by atoms with Crippen molar-refractivity contribution in [3.63, 3.8) is 0 Å². The van der Waals surface area contributed by atoms with Crippen molar-refractivity contribution in [2.75, 3.05) is 25.1 Å². The number of unbranched alkanes of at least 4 members (excludes halogenated alkanes) is 2. The molecule has 0 fully saturated rings. The van der Waals surface area contributed by atoms with Crippen molar-refractivity contribution in [1.29, 1.82) is 0 Å². The zero-order chi connectivity index (χ0) is 25.6. The van der Waals surface area contributed by atoms with Crippen molar-refractivity contribution in [3.05, 3.63) is 59.2 Å². The number of anilines is 1. The van der Waals surface area contributed by atoms with Crippen LogP contribution in [0.3, 0.4) is 0 Å². The number of hydrogen-bond acceptors (Lipinski definition) is 6. The summed E-state index contributed by atoms with van der Waals surface area (Å²) in [6.07, 6.45) is 3.04. The van der Waals surface area contributed by atoms with Gasteiger partial charge in [-0.25, -0.2) is 0 Å². The van der Waals surface area contributed by atoms with E-state index in [1.54, 1.807) is 30.3 Å². The van der Waals surface area contributed by atoms with Crippen LogP contribution in [0.2, 0.25) is 0 Å². The first-order valence-electron chi connectivity index (χ1n) is 11.8. The molecular weight excluding hydrogens is 448 g/mol. The van der Waals surface area contributed by atoms with Crippen LogP contribution in [0, 0.1) is 13.8 Å². The van der Waals surface area contributed by atoms with Gasteiger partial charge in [-0.15, -0.1) is 0 Å². The van der Waals surface area contributed by atoms with Gasteiger partial charge in [-0.3, -0.25) is 19.2 Å². The van der Waals surface area contributed by atoms with E-state index in [2.05, 4.69) is 17.6 Å². The van der Waals surface area contributed by atoms with Gasteiger partial charge in [0.25, 0.3) is 5.91 Å². The van der Waals surface area contributed by atoms with Gasteiger partial charge in [0.15, 0.2) is 12.4 Å². The molecule has 0 radical (unpaired) electrons. The molecule has 0 saturated carbocycles. The van der Waals surface area contributed by atoms with Crippen LogP contribution in [0.15, 0.2) is 42.5 Å². The molecule has 2 amide bonds. The molecule has 0 aliphatic carbocycles. The summed E-state index contributed by atoms with van der Waals surface area (Å²) in [6.45, 7) is 5.83. The summed E-state index contributed by atoms with van der Waals surface area (Å²) < 4.78 is 10.5. The molecule has 0 unspecified atom stereocenters. The first-order chi connectivity index (χ1) is 16.8. The van der Waals surface area contributed by atoms with Crippen LogP contribution >= 0.6 is 0 Å². The molecule has 2 N–H and O–H groups in total. The Hall–Kier alpha value is -3.68. The zero-order valence-corrected chi connectivity index (χ0v) is 20.6. The van der Waals surface area contributed by atoms with E-state index in [4.69, 9.17) is 9.47 Å². The second-order valence-electron chi connectivity index (χ2n) is 8.24. The van der Waals surface area contributed by atoms with E-state index in [9.17, 15) is 19.2 Å². The number of carbonyl (C=O) groups excluding carboxylic acids is 4. The van der Waals surface area contributed by atoms with Crippen molar-refractivity contribution < 1.29 is 28.7 Å². The summed E-state index contributed by atoms with van der Waals surface area (Å²) in [4.78, 5) is 48.1. The Morgan fingerprint density at radius 1 is 0.886 bits per heavy atom. The average molecular weight is 483 g/mol. The molecule has 0 bridgehead atoms. The van der Waals surface area contributed by atoms with E-state index in [0.29, 0.717) is 23.6 Å². The largest absolute Gasteiger partial charge is 0.494 e. The fraction of sp³-hybridized carbons (Fsp3) is 0.407. The van der Waals surface area contributed by atoms with Crippen molar-refractivity contribution >= 4 is 29.3 Å². The Morgan fingerprint density at radius 2 is 1.63 bits per heavy atom. The Labute approximate surface area is 206 Å². The van der Waals surface area contributed by atoms with Crippen LogP contribution in [0.1, 0.15) is 60.5 Å². The molecule has 0 saturated heterocycles. The van der Waals surface area contributed by atoms with Gasteiger partial charge in [0.1, 0.15) is 5.75 Å². The smallest absolute Gasteiger partial charge is 0.306 e. The van der Waals surface area contributed by atoms with Crippen LogP contribution in [0.4, 0.5) is 5.69 Å². The summed E-state index contributed by atoms with van der Waals surface area (Å²) >= 11 is 0. The second kappa shape index (κ2) is 14.6. The molecule has 0 atom stereocenters. The minimum atomic E-state index is -0.663. The number of benzene rings is 2. The molecule has 0 heterocycles. The van der Waals surface area contributed by atoms with Crippen molar-refractivity contribution in [2.24, 2.45) is 0 Å². The Bertz CT molecular complexity index is 1020. The zero-order valence-electron chi connectivity index (χ0n) is 20.6. The topological polar surface area (TPSA) is 111 Å². The third-order valence-corrected chi connectivity index (χ3v) is 5.44. The number of Topliss-reactive ketones (excluding diaryl/α,β-unsaturated/α-hetero) is 1. The standard InChI is InChI=1S/C27H34N2O6/c1-4-5-6-16-34-22-12-10-21(11-13-22)24(30)14-15-27(33)35-18-26(32)28-17-25(31)29-23-9-7-8-19(2)20(23)3/h7-13H,4-6,14-18H2,1-3H3,(H,28,32)(H,29,31). The minimum absolute atomic E-state index is 0.0323. The lowest BCUT2D eigenvalue weighted by molar-refractivity contribution is -0.148. The van der Waals surface area contributed by atoms with Crippen LogP contribution in [-0.2, 0) is 19.1 Å². The van der Waals surface area contributed by atoms with Gasteiger partial charge in [0, 0.05) is 17.7 Å². The Morgan fingerprint density at radius 3 is 2.34 bits per heavy atom. The first-order valence-corrected chi connectivity index (χ1v) is 11.8. The van der Waals surface area contributed by atoms with Crippen LogP contribution in [-0.4, -0.2) is 43.3 Å². The van der Waals surface area contributed by atoms with Crippen molar-refractivity contribution in [1.82, 2.24) is 5.32 Å². The number of rotatable bonds is 14. The minimum Gasteiger partial charge on any atom is -0.494 e. The number of aryl methyl sites for hydroxylation is 1. The molecule has 8 heteroatoms. The molecule has 0 aliphatic heterocycles. The van der Waals surface area contributed by atoms with Gasteiger partial charge in [0.05, 0.1) is 19.6 Å². The van der Waals surface area contributed by atoms with Gasteiger partial charge < -0.3 is 20.1 Å². The highest BCUT2D eigenvalue weighted by atomic mass is 16.5. The van der Waals surface area contributed by atoms with E-state index in [-0.39, 0.29) is 31.1 Å². The second-order valence-corrected chi connectivity index (χ2v) is 8.24. The molecule has 188 valence electrons. The van der Waals surface area contributed by atoms with Gasteiger partial charge in [-0.2, -0.15) is 0 Å². The monoisotopic (exact) mass is 482 g/mol. The summed E-state index contributed by atoms with van der Waals surface area (Å²) in [5.74, 6) is -1.15. The average Bonchev–Trinajstić information content (AvgIpc) is 2.85. The molecule has 2 aromatic rings. The maximum Gasteiger partial charge on any atom is 0.306 e. The lowest BCUT2D eigenvalue weighted by Gasteiger charge is -2.11. The lowest BCUT2D eigenvalue weighted by Crippen LogP contribution is -2.35. The van der Waals surface area contributed by atoms with Crippen molar-refractivity contribution in [2.45, 2.75) is 52.9 Å². The summed E-state index contributed by atoms with van der Waals surface area (Å²) in [6, 6.07) is 12.4. The number of ketones is 1. The molecule has 35 heavy (non-hydrogen) atoms. The fourth-order valence-corrected chi connectivity index (χ4v) is 3.17. The quantitative estimate of drug-likeness (QED) is 0.238. The number of carbonyl (C=O) groups is 4. The highest BCUT2D eigenvalue weighted by Gasteiger charge is 2.13. The molecule has 0 aromatic heterocycles. The Kier molecular flexibility index (Phi) is 11.5. The van der Waals surface area contributed by atoms with E-state index < -0.39 is 18.5 Å². The van der Waals surface area contributed by atoms with E-state index in [1.807, 2.05) is 26.0 Å². The van der Waals surface area contributed by atoms with Gasteiger partial charge in [-0.1, -0.05) is 31.9 Å². The third-order valence-electron chi connectivity index (χ3n) is 5.44. The van der Waals surface area contributed by atoms with Crippen LogP contribution in [0.5, 0.6) is 5.75 Å². The summed E-state index contributed by atoms with van der Waals surface area (Å²) in [5, 5.41) is 5.13. The molecule has 2 rings (SSSR count). The van der Waals surface area contributed by atoms with E-state index in [1.165, 1.54) is 0 Å². The number of nitrogens with one attached hydrogen (secondary N) is 2. The maximum atomic E-state index is 12.3. The highest BCUT2D eigenvalue weighted by Crippen LogP contribution is 2.17. The van der Waals surface area contributed by atoms with Crippen LogP contribution in [0.25, 0.3) is 0 Å². The van der Waals surface area contributed by atoms with E-state index in [0.717, 1.165) is 30.4 Å². The Balaban J connectivity index is 1.64. The van der Waals surface area contributed by atoms with Gasteiger partial charge in [-0.05, 0) is 61.7 Å². The predicted molar refractivity (Wildman–Crippen MR) is 134 cm³/mol. The predicted octanol–water partition coefficient (Wildman–Crippen LogP) is 4.13. The van der Waals surface area contributed by atoms with Crippen molar-refractivity contribution in [3.8, 4) is 5.75 Å². The third kappa shape index (κ3) is 10.00. The molecule has 2 aromatic carbocycles. The van der Waals surface area contributed by atoms with Gasteiger partial charge in [0.2, 0.25) is 5.91 Å². The normalized spacial score (nSPS) is 10.4. The molecule has 8 nitrogen and oxygen atoms in total.